The number of halogens is 4. The van der Waals surface area contributed by atoms with Crippen molar-refractivity contribution in [2.45, 2.75) is 6.18 Å². The molecule has 3 N–H and O–H groups in total. The zero-order valence-electron chi connectivity index (χ0n) is 12.8. The molecule has 0 saturated carbocycles. The van der Waals surface area contributed by atoms with Crippen molar-refractivity contribution in [2.24, 2.45) is 0 Å². The molecule has 140 valence electrons. The highest BCUT2D eigenvalue weighted by molar-refractivity contribution is 6.31. The van der Waals surface area contributed by atoms with E-state index in [0.717, 1.165) is 0 Å². The Balaban J connectivity index is 2.43. The van der Waals surface area contributed by atoms with E-state index in [1.54, 1.807) is 0 Å². The second-order valence-electron chi connectivity index (χ2n) is 5.35. The minimum atomic E-state index is -4.98. The molecule has 0 radical (unpaired) electrons. The molecule has 2 heterocycles. The van der Waals surface area contributed by atoms with Crippen LogP contribution in [0.3, 0.4) is 0 Å². The van der Waals surface area contributed by atoms with E-state index in [1.165, 1.54) is 0 Å². The predicted molar refractivity (Wildman–Crippen MR) is 84.9 cm³/mol. The van der Waals surface area contributed by atoms with Crippen LogP contribution in [0.1, 0.15) is 26.3 Å². The number of imide groups is 1. The number of amides is 2. The quantitative estimate of drug-likeness (QED) is 0.447. The van der Waals surface area contributed by atoms with Gasteiger partial charge in [0.1, 0.15) is 11.5 Å². The minimum Gasteiger partial charge on any atom is -0.384 e. The van der Waals surface area contributed by atoms with Crippen molar-refractivity contribution in [1.29, 1.82) is 0 Å². The third-order valence-corrected chi connectivity index (χ3v) is 4.07. The van der Waals surface area contributed by atoms with Crippen LogP contribution in [0.2, 0.25) is 5.02 Å². The molecule has 0 spiro atoms. The summed E-state index contributed by atoms with van der Waals surface area (Å²) >= 11 is 5.48. The molecule has 1 aromatic heterocycles. The van der Waals surface area contributed by atoms with Crippen molar-refractivity contribution in [3.05, 3.63) is 60.4 Å². The smallest absolute Gasteiger partial charge is 0.384 e. The van der Waals surface area contributed by atoms with Crippen LogP contribution >= 0.6 is 11.6 Å². The lowest BCUT2D eigenvalue weighted by atomic mass is 10.1. The number of alkyl halides is 3. The number of aromatic nitrogens is 1. The van der Waals surface area contributed by atoms with E-state index in [1.807, 2.05) is 5.32 Å². The number of rotatable bonds is 2. The summed E-state index contributed by atoms with van der Waals surface area (Å²) < 4.78 is 39.7. The molecule has 0 atom stereocenters. The Morgan fingerprint density at radius 3 is 2.33 bits per heavy atom. The first kappa shape index (κ1) is 18.4. The minimum absolute atomic E-state index is 0.277. The van der Waals surface area contributed by atoms with Crippen LogP contribution in [0.5, 0.6) is 0 Å². The van der Waals surface area contributed by atoms with Gasteiger partial charge in [0.15, 0.2) is 0 Å². The van der Waals surface area contributed by atoms with E-state index >= 15 is 0 Å². The fraction of sp³-hybridized carbons (Fsp3) is 0.0714. The van der Waals surface area contributed by atoms with Crippen molar-refractivity contribution in [3.63, 3.8) is 0 Å². The third-order valence-electron chi connectivity index (χ3n) is 3.76. The molecule has 9 nitrogen and oxygen atoms in total. The van der Waals surface area contributed by atoms with Crippen molar-refractivity contribution in [3.8, 4) is 5.69 Å². The van der Waals surface area contributed by atoms with Gasteiger partial charge in [-0.3, -0.25) is 34.4 Å². The maximum Gasteiger partial charge on any atom is 0.417 e. The third kappa shape index (κ3) is 2.79. The van der Waals surface area contributed by atoms with E-state index < -0.39 is 61.8 Å². The van der Waals surface area contributed by atoms with Gasteiger partial charge in [-0.15, -0.1) is 0 Å². The van der Waals surface area contributed by atoms with Gasteiger partial charge in [0.05, 0.1) is 26.6 Å². The highest BCUT2D eigenvalue weighted by Gasteiger charge is 2.38. The number of carbonyl (C=O) groups is 2. The van der Waals surface area contributed by atoms with Crippen LogP contribution in [0.4, 0.5) is 24.7 Å². The maximum absolute atomic E-state index is 13.1. The average molecular weight is 403 g/mol. The Kier molecular flexibility index (Phi) is 3.95. The number of nitrogens with two attached hydrogens (primary N) is 1. The molecule has 13 heteroatoms. The van der Waals surface area contributed by atoms with E-state index in [-0.39, 0.29) is 11.6 Å². The monoisotopic (exact) mass is 402 g/mol. The van der Waals surface area contributed by atoms with E-state index in [0.29, 0.717) is 16.7 Å². The summed E-state index contributed by atoms with van der Waals surface area (Å²) in [7, 11) is 0. The lowest BCUT2D eigenvalue weighted by Crippen LogP contribution is -2.25. The summed E-state index contributed by atoms with van der Waals surface area (Å²) in [6.45, 7) is 0. The maximum atomic E-state index is 13.1. The number of anilines is 1. The van der Waals surface area contributed by atoms with Gasteiger partial charge in [0.25, 0.3) is 23.1 Å². The van der Waals surface area contributed by atoms with Gasteiger partial charge in [0, 0.05) is 12.1 Å². The number of benzene rings is 1. The SMILES string of the molecule is Nc1c2c(cc(=O)n1-c1cc(C(F)(F)F)c(Cl)cc1[N+](=O)[O-])C(=O)NC2=O. The summed E-state index contributed by atoms with van der Waals surface area (Å²) in [5, 5.41) is 12.2. The summed E-state index contributed by atoms with van der Waals surface area (Å²) in [4.78, 5) is 46.0. The van der Waals surface area contributed by atoms with Crippen molar-refractivity contribution >= 4 is 34.9 Å². The van der Waals surface area contributed by atoms with Crippen LogP contribution in [-0.2, 0) is 6.18 Å². The van der Waals surface area contributed by atoms with Gasteiger partial charge >= 0.3 is 6.18 Å². The molecule has 0 saturated heterocycles. The normalized spacial score (nSPS) is 13.5. The van der Waals surface area contributed by atoms with Crippen LogP contribution < -0.4 is 16.6 Å². The molecular formula is C14H6ClF3N4O5. The number of carbonyl (C=O) groups excluding carboxylic acids is 2. The molecule has 1 aromatic carbocycles. The number of nitro benzene ring substituents is 1. The second kappa shape index (κ2) is 5.81. The van der Waals surface area contributed by atoms with Gasteiger partial charge in [-0.05, 0) is 6.07 Å². The Bertz CT molecular complexity index is 1110. The van der Waals surface area contributed by atoms with Gasteiger partial charge < -0.3 is 5.73 Å². The van der Waals surface area contributed by atoms with Gasteiger partial charge in [-0.2, -0.15) is 13.2 Å². The number of nitro groups is 1. The molecule has 1 aliphatic rings. The molecule has 0 aliphatic carbocycles. The Hall–Kier alpha value is -3.41. The van der Waals surface area contributed by atoms with Crippen molar-refractivity contribution < 1.29 is 27.7 Å². The Labute approximate surface area is 151 Å². The lowest BCUT2D eigenvalue weighted by Gasteiger charge is -2.15. The van der Waals surface area contributed by atoms with Gasteiger partial charge in [0.2, 0.25) is 0 Å². The van der Waals surface area contributed by atoms with Crippen LogP contribution in [0, 0.1) is 10.1 Å². The van der Waals surface area contributed by atoms with E-state index in [2.05, 4.69) is 0 Å². The van der Waals surface area contributed by atoms with E-state index in [4.69, 9.17) is 17.3 Å². The summed E-state index contributed by atoms with van der Waals surface area (Å²) in [6.07, 6.45) is -4.98. The molecule has 0 bridgehead atoms. The largest absolute Gasteiger partial charge is 0.417 e. The molecular weight excluding hydrogens is 397 g/mol. The predicted octanol–water partition coefficient (Wildman–Crippen LogP) is 1.88. The standard InChI is InChI=1S/C14H6ClF3N4O5/c15-6-3-8(22(26)27)7(2-5(6)14(16,17)18)21-9(23)1-4-10(11(21)19)13(25)20-12(4)24/h1-3H,19H2,(H,20,24,25). The topological polar surface area (TPSA) is 137 Å². The molecule has 1 aliphatic heterocycles. The first-order valence-corrected chi connectivity index (χ1v) is 7.28. The van der Waals surface area contributed by atoms with Gasteiger partial charge in [-0.25, -0.2) is 0 Å². The highest BCUT2D eigenvalue weighted by atomic mass is 35.5. The number of nitrogens with one attached hydrogen (secondary N) is 1. The van der Waals surface area contributed by atoms with Crippen molar-refractivity contribution in [1.82, 2.24) is 9.88 Å². The summed E-state index contributed by atoms with van der Waals surface area (Å²) in [5.41, 5.74) is 0.446. The molecule has 2 aromatic rings. The highest BCUT2D eigenvalue weighted by Crippen LogP contribution is 2.40. The number of hydrogen-bond acceptors (Lipinski definition) is 6. The molecule has 0 unspecified atom stereocenters. The molecule has 3 rings (SSSR count). The zero-order chi connectivity index (χ0) is 20.3. The first-order valence-electron chi connectivity index (χ1n) is 6.90. The Morgan fingerprint density at radius 2 is 1.78 bits per heavy atom. The molecule has 27 heavy (non-hydrogen) atoms. The van der Waals surface area contributed by atoms with Gasteiger partial charge in [-0.1, -0.05) is 11.6 Å². The number of nitrogen functional groups attached to an aromatic ring is 1. The number of hydrogen-bond donors (Lipinski definition) is 2. The number of nitrogens with zero attached hydrogens (tertiary/aromatic N) is 2. The molecule has 2 amide bonds. The second-order valence-corrected chi connectivity index (χ2v) is 5.76. The average Bonchev–Trinajstić information content (AvgIpc) is 2.81. The number of fused-ring (bicyclic) bond motifs is 1. The number of pyridine rings is 1. The fourth-order valence-electron chi connectivity index (χ4n) is 2.62. The zero-order valence-corrected chi connectivity index (χ0v) is 13.5. The summed E-state index contributed by atoms with van der Waals surface area (Å²) in [6, 6.07) is 1.35. The fourth-order valence-corrected chi connectivity index (χ4v) is 2.89. The van der Waals surface area contributed by atoms with Crippen LogP contribution in [0.15, 0.2) is 23.0 Å². The van der Waals surface area contributed by atoms with Crippen LogP contribution in [0.25, 0.3) is 5.69 Å². The molecule has 0 fully saturated rings. The Morgan fingerprint density at radius 1 is 1.15 bits per heavy atom. The van der Waals surface area contributed by atoms with E-state index in [9.17, 15) is 37.7 Å². The van der Waals surface area contributed by atoms with Crippen LogP contribution in [-0.4, -0.2) is 21.3 Å². The first-order chi connectivity index (χ1) is 12.4. The summed E-state index contributed by atoms with van der Waals surface area (Å²) in [5.74, 6) is -2.64. The van der Waals surface area contributed by atoms with Crippen molar-refractivity contribution in [2.75, 3.05) is 5.73 Å². The lowest BCUT2D eigenvalue weighted by molar-refractivity contribution is -0.384.